The minimum Gasteiger partial charge on any atom is -0.508 e. The summed E-state index contributed by atoms with van der Waals surface area (Å²) in [5, 5.41) is 9.53. The van der Waals surface area contributed by atoms with Crippen LogP contribution in [0.4, 0.5) is 0 Å². The third-order valence-corrected chi connectivity index (χ3v) is 3.54. The van der Waals surface area contributed by atoms with Crippen LogP contribution < -0.4 is 4.74 Å². The number of ether oxygens (including phenoxy) is 2. The Morgan fingerprint density at radius 2 is 1.95 bits per heavy atom. The van der Waals surface area contributed by atoms with Crippen molar-refractivity contribution in [2.24, 2.45) is 0 Å². The standard InChI is InChI=1S/C17H27NO4/c1-5-10-21-16-11-14(19)8-9-15(16)17(20)22-12-13(4)18(6-2)7-3/h8-9,11,13,19H,5-7,10,12H2,1-4H3/t13-/m0/s1. The molecule has 1 atom stereocenters. The summed E-state index contributed by atoms with van der Waals surface area (Å²) in [6.07, 6.45) is 0.823. The van der Waals surface area contributed by atoms with Crippen LogP contribution in [0.15, 0.2) is 18.2 Å². The fourth-order valence-electron chi connectivity index (χ4n) is 2.24. The van der Waals surface area contributed by atoms with Crippen molar-refractivity contribution in [3.8, 4) is 11.5 Å². The normalized spacial score (nSPS) is 12.2. The number of rotatable bonds is 9. The minimum absolute atomic E-state index is 0.0687. The summed E-state index contributed by atoms with van der Waals surface area (Å²) in [5.74, 6) is 0.00612. The molecule has 0 aliphatic rings. The van der Waals surface area contributed by atoms with E-state index in [0.29, 0.717) is 24.5 Å². The summed E-state index contributed by atoms with van der Waals surface area (Å²) >= 11 is 0. The lowest BCUT2D eigenvalue weighted by Gasteiger charge is -2.25. The Balaban J connectivity index is 2.72. The number of phenolic OH excluding ortho intramolecular Hbond substituents is 1. The van der Waals surface area contributed by atoms with E-state index in [4.69, 9.17) is 9.47 Å². The van der Waals surface area contributed by atoms with Crippen molar-refractivity contribution in [2.45, 2.75) is 40.2 Å². The number of carbonyl (C=O) groups is 1. The van der Waals surface area contributed by atoms with E-state index in [1.165, 1.54) is 18.2 Å². The van der Waals surface area contributed by atoms with E-state index in [2.05, 4.69) is 18.7 Å². The predicted octanol–water partition coefficient (Wildman–Crippen LogP) is 3.07. The molecular weight excluding hydrogens is 282 g/mol. The van der Waals surface area contributed by atoms with Gasteiger partial charge in [0.1, 0.15) is 23.7 Å². The topological polar surface area (TPSA) is 59.0 Å². The van der Waals surface area contributed by atoms with Crippen molar-refractivity contribution in [2.75, 3.05) is 26.3 Å². The zero-order valence-electron chi connectivity index (χ0n) is 14.0. The lowest BCUT2D eigenvalue weighted by Crippen LogP contribution is -2.36. The highest BCUT2D eigenvalue weighted by atomic mass is 16.5. The van der Waals surface area contributed by atoms with E-state index in [1.807, 2.05) is 13.8 Å². The fraction of sp³-hybridized carbons (Fsp3) is 0.588. The van der Waals surface area contributed by atoms with Crippen molar-refractivity contribution >= 4 is 5.97 Å². The minimum atomic E-state index is -0.426. The lowest BCUT2D eigenvalue weighted by molar-refractivity contribution is 0.0377. The van der Waals surface area contributed by atoms with Crippen molar-refractivity contribution in [3.05, 3.63) is 23.8 Å². The number of phenols is 1. The molecule has 0 bridgehead atoms. The molecule has 1 aromatic carbocycles. The molecular formula is C17H27NO4. The van der Waals surface area contributed by atoms with Crippen molar-refractivity contribution in [1.82, 2.24) is 4.90 Å². The lowest BCUT2D eigenvalue weighted by atomic mass is 10.2. The van der Waals surface area contributed by atoms with Gasteiger partial charge in [-0.05, 0) is 38.6 Å². The van der Waals surface area contributed by atoms with Gasteiger partial charge in [-0.2, -0.15) is 0 Å². The number of nitrogens with zero attached hydrogens (tertiary/aromatic N) is 1. The summed E-state index contributed by atoms with van der Waals surface area (Å²) in [5.41, 5.74) is 0.345. The largest absolute Gasteiger partial charge is 0.508 e. The molecule has 1 rings (SSSR count). The first-order valence-electron chi connectivity index (χ1n) is 7.90. The maximum absolute atomic E-state index is 12.2. The molecule has 0 aliphatic heterocycles. The number of esters is 1. The van der Waals surface area contributed by atoms with Crippen LogP contribution in [0.1, 0.15) is 44.5 Å². The molecule has 0 fully saturated rings. The SMILES string of the molecule is CCCOc1cc(O)ccc1C(=O)OC[C@H](C)N(CC)CC. The number of aromatic hydroxyl groups is 1. The van der Waals surface area contributed by atoms with Gasteiger partial charge in [0.2, 0.25) is 0 Å². The maximum Gasteiger partial charge on any atom is 0.341 e. The van der Waals surface area contributed by atoms with E-state index in [-0.39, 0.29) is 11.8 Å². The predicted molar refractivity (Wildman–Crippen MR) is 86.6 cm³/mol. The van der Waals surface area contributed by atoms with Gasteiger partial charge in [-0.3, -0.25) is 4.90 Å². The van der Waals surface area contributed by atoms with Gasteiger partial charge in [0.25, 0.3) is 0 Å². The second-order valence-electron chi connectivity index (χ2n) is 5.20. The van der Waals surface area contributed by atoms with Crippen LogP contribution in [0.5, 0.6) is 11.5 Å². The molecule has 5 heteroatoms. The molecule has 0 radical (unpaired) electrons. The Morgan fingerprint density at radius 3 is 2.55 bits per heavy atom. The number of likely N-dealkylation sites (N-methyl/N-ethyl adjacent to an activating group) is 1. The Bertz CT molecular complexity index is 472. The van der Waals surface area contributed by atoms with E-state index < -0.39 is 5.97 Å². The zero-order chi connectivity index (χ0) is 16.5. The molecule has 0 aliphatic carbocycles. The van der Waals surface area contributed by atoms with E-state index in [0.717, 1.165) is 19.5 Å². The number of carbonyl (C=O) groups excluding carboxylic acids is 1. The molecule has 0 aromatic heterocycles. The van der Waals surface area contributed by atoms with Crippen LogP contribution >= 0.6 is 0 Å². The van der Waals surface area contributed by atoms with Crippen LogP contribution in [0, 0.1) is 0 Å². The highest BCUT2D eigenvalue weighted by molar-refractivity contribution is 5.92. The van der Waals surface area contributed by atoms with Gasteiger partial charge in [0.15, 0.2) is 0 Å². The van der Waals surface area contributed by atoms with E-state index >= 15 is 0 Å². The Morgan fingerprint density at radius 1 is 1.27 bits per heavy atom. The Labute approximate surface area is 132 Å². The first-order chi connectivity index (χ1) is 10.5. The van der Waals surface area contributed by atoms with Crippen LogP contribution in [0.3, 0.4) is 0 Å². The van der Waals surface area contributed by atoms with E-state index in [1.54, 1.807) is 0 Å². The van der Waals surface area contributed by atoms with Gasteiger partial charge in [-0.15, -0.1) is 0 Å². The summed E-state index contributed by atoms with van der Waals surface area (Å²) in [6.45, 7) is 10.8. The number of benzene rings is 1. The van der Waals surface area contributed by atoms with Crippen molar-refractivity contribution in [3.63, 3.8) is 0 Å². The molecule has 1 aromatic rings. The van der Waals surface area contributed by atoms with Crippen molar-refractivity contribution in [1.29, 1.82) is 0 Å². The van der Waals surface area contributed by atoms with Gasteiger partial charge in [-0.25, -0.2) is 4.79 Å². The molecule has 5 nitrogen and oxygen atoms in total. The summed E-state index contributed by atoms with van der Waals surface area (Å²) in [7, 11) is 0. The molecule has 1 N–H and O–H groups in total. The number of hydrogen-bond donors (Lipinski definition) is 1. The van der Waals surface area contributed by atoms with Gasteiger partial charge in [0.05, 0.1) is 6.61 Å². The van der Waals surface area contributed by atoms with Gasteiger partial charge in [0, 0.05) is 12.1 Å². The Hall–Kier alpha value is -1.75. The molecule has 0 heterocycles. The maximum atomic E-state index is 12.2. The van der Waals surface area contributed by atoms with Gasteiger partial charge < -0.3 is 14.6 Å². The molecule has 0 saturated heterocycles. The third kappa shape index (κ3) is 5.22. The van der Waals surface area contributed by atoms with Gasteiger partial charge >= 0.3 is 5.97 Å². The fourth-order valence-corrected chi connectivity index (χ4v) is 2.24. The first-order valence-corrected chi connectivity index (χ1v) is 7.90. The Kier molecular flexibility index (Phi) is 7.74. The quantitative estimate of drug-likeness (QED) is 0.710. The second-order valence-corrected chi connectivity index (χ2v) is 5.20. The molecule has 0 spiro atoms. The highest BCUT2D eigenvalue weighted by Crippen LogP contribution is 2.25. The van der Waals surface area contributed by atoms with Crippen LogP contribution in [0.2, 0.25) is 0 Å². The first kappa shape index (κ1) is 18.3. The average Bonchev–Trinajstić information content (AvgIpc) is 2.51. The van der Waals surface area contributed by atoms with Gasteiger partial charge in [-0.1, -0.05) is 20.8 Å². The molecule has 124 valence electrons. The summed E-state index contributed by atoms with van der Waals surface area (Å²) in [4.78, 5) is 14.5. The monoisotopic (exact) mass is 309 g/mol. The van der Waals surface area contributed by atoms with E-state index in [9.17, 15) is 9.90 Å². The van der Waals surface area contributed by atoms with Crippen LogP contribution in [-0.2, 0) is 4.74 Å². The van der Waals surface area contributed by atoms with Crippen molar-refractivity contribution < 1.29 is 19.4 Å². The molecule has 0 amide bonds. The van der Waals surface area contributed by atoms with Crippen LogP contribution in [-0.4, -0.2) is 48.3 Å². The smallest absolute Gasteiger partial charge is 0.341 e. The second kappa shape index (κ2) is 9.30. The highest BCUT2D eigenvalue weighted by Gasteiger charge is 2.17. The molecule has 0 saturated carbocycles. The third-order valence-electron chi connectivity index (χ3n) is 3.54. The average molecular weight is 309 g/mol. The number of hydrogen-bond acceptors (Lipinski definition) is 5. The zero-order valence-corrected chi connectivity index (χ0v) is 14.0. The summed E-state index contributed by atoms with van der Waals surface area (Å²) < 4.78 is 10.9. The van der Waals surface area contributed by atoms with Crippen LogP contribution in [0.25, 0.3) is 0 Å². The molecule has 22 heavy (non-hydrogen) atoms. The molecule has 0 unspecified atom stereocenters. The summed E-state index contributed by atoms with van der Waals surface area (Å²) in [6, 6.07) is 4.60.